The molecule has 0 spiro atoms. The number of aromatic amines is 1. The Morgan fingerprint density at radius 3 is 2.35 bits per heavy atom. The van der Waals surface area contributed by atoms with Crippen molar-refractivity contribution in [1.82, 2.24) is 14.8 Å². The largest absolute Gasteiger partial charge is 0.349 e. The van der Waals surface area contributed by atoms with Gasteiger partial charge in [-0.15, -0.1) is 5.10 Å². The van der Waals surface area contributed by atoms with Crippen LogP contribution in [0.1, 0.15) is 22.7 Å². The molecule has 3 aromatic rings. The molecule has 0 bridgehead atoms. The third kappa shape index (κ3) is 3.42. The highest BCUT2D eigenvalue weighted by molar-refractivity contribution is 5.37. The zero-order chi connectivity index (χ0) is 18.5. The predicted octanol–water partition coefficient (Wildman–Crippen LogP) is 1.64. The van der Waals surface area contributed by atoms with Gasteiger partial charge in [-0.3, -0.25) is 9.78 Å². The number of hydrogen-bond acceptors (Lipinski definition) is 5. The molecule has 1 heterocycles. The highest BCUT2D eigenvalue weighted by atomic mass is 16.2. The van der Waals surface area contributed by atoms with Gasteiger partial charge in [0, 0.05) is 0 Å². The quantitative estimate of drug-likeness (QED) is 0.773. The second-order valence-electron chi connectivity index (χ2n) is 5.59. The molecule has 0 amide bonds. The molecule has 1 N–H and O–H groups in total. The maximum atomic E-state index is 11.9. The van der Waals surface area contributed by atoms with Gasteiger partial charge in [0.05, 0.1) is 17.7 Å². The van der Waals surface area contributed by atoms with Gasteiger partial charge in [0.2, 0.25) is 5.69 Å². The van der Waals surface area contributed by atoms with E-state index in [1.165, 1.54) is 0 Å². The highest BCUT2D eigenvalue weighted by Crippen LogP contribution is 2.21. The molecule has 2 aromatic carbocycles. The number of benzene rings is 2. The van der Waals surface area contributed by atoms with Crippen molar-refractivity contribution in [2.45, 2.75) is 12.3 Å². The summed E-state index contributed by atoms with van der Waals surface area (Å²) in [6, 6.07) is 20.3. The van der Waals surface area contributed by atoms with Gasteiger partial charge in [0.1, 0.15) is 6.07 Å². The minimum absolute atomic E-state index is 0.332. The monoisotopic (exact) mass is 343 g/mol. The molecule has 126 valence electrons. The van der Waals surface area contributed by atoms with Crippen LogP contribution in [0.5, 0.6) is 0 Å². The first kappa shape index (κ1) is 16.9. The predicted molar refractivity (Wildman–Crippen MR) is 93.7 cm³/mol. The number of H-pyrrole nitrogens is 1. The summed E-state index contributed by atoms with van der Waals surface area (Å²) >= 11 is 0. The zero-order valence-corrected chi connectivity index (χ0v) is 13.6. The van der Waals surface area contributed by atoms with E-state index < -0.39 is 16.9 Å². The Morgan fingerprint density at radius 1 is 1.04 bits per heavy atom. The molecule has 7 heteroatoms. The Balaban J connectivity index is 1.91. The van der Waals surface area contributed by atoms with Crippen LogP contribution < -0.4 is 11.2 Å². The summed E-state index contributed by atoms with van der Waals surface area (Å²) in [6.45, 7) is 0. The number of nitriles is 2. The average molecular weight is 343 g/mol. The topological polar surface area (TPSA) is 115 Å². The van der Waals surface area contributed by atoms with Crippen molar-refractivity contribution in [3.63, 3.8) is 0 Å². The minimum Gasteiger partial charge on any atom is -0.270 e. The van der Waals surface area contributed by atoms with Gasteiger partial charge in [-0.2, -0.15) is 15.2 Å². The van der Waals surface area contributed by atoms with Gasteiger partial charge >= 0.3 is 5.69 Å². The Morgan fingerprint density at radius 2 is 1.73 bits per heavy atom. The van der Waals surface area contributed by atoms with Crippen LogP contribution in [0.2, 0.25) is 0 Å². The highest BCUT2D eigenvalue weighted by Gasteiger charge is 2.13. The van der Waals surface area contributed by atoms with E-state index in [2.05, 4.69) is 16.2 Å². The molecule has 0 aliphatic heterocycles. The first-order chi connectivity index (χ1) is 12.6. The van der Waals surface area contributed by atoms with Gasteiger partial charge < -0.3 is 0 Å². The lowest BCUT2D eigenvalue weighted by molar-refractivity contribution is 0.739. The van der Waals surface area contributed by atoms with Crippen molar-refractivity contribution in [2.24, 2.45) is 0 Å². The number of rotatable bonds is 4. The molecule has 0 radical (unpaired) electrons. The summed E-state index contributed by atoms with van der Waals surface area (Å²) < 4.78 is 0.947. The molecule has 0 saturated carbocycles. The minimum atomic E-state index is -0.822. The van der Waals surface area contributed by atoms with Crippen LogP contribution in [0.15, 0.2) is 64.2 Å². The fourth-order valence-electron chi connectivity index (χ4n) is 2.58. The van der Waals surface area contributed by atoms with Crippen LogP contribution in [0.3, 0.4) is 0 Å². The third-order valence-electron chi connectivity index (χ3n) is 3.91. The van der Waals surface area contributed by atoms with Crippen molar-refractivity contribution >= 4 is 0 Å². The lowest BCUT2D eigenvalue weighted by Crippen LogP contribution is -2.33. The number of nitrogens with one attached hydrogen (secondary N) is 1. The Hall–Kier alpha value is -3.97. The van der Waals surface area contributed by atoms with E-state index in [0.717, 1.165) is 15.8 Å². The number of aromatic nitrogens is 3. The summed E-state index contributed by atoms with van der Waals surface area (Å²) in [5.74, 6) is -0.332. The Kier molecular flexibility index (Phi) is 4.73. The lowest BCUT2D eigenvalue weighted by atomic mass is 9.93. The van der Waals surface area contributed by atoms with Crippen molar-refractivity contribution in [2.75, 3.05) is 0 Å². The van der Waals surface area contributed by atoms with E-state index >= 15 is 0 Å². The van der Waals surface area contributed by atoms with Crippen LogP contribution in [-0.4, -0.2) is 14.8 Å². The molecule has 1 unspecified atom stereocenters. The normalized spacial score (nSPS) is 11.3. The SMILES string of the molecule is N#Cc1nn(-c2ccc(C(C#N)Cc3ccccc3)cc2)c(=O)[nH]c1=O. The van der Waals surface area contributed by atoms with Gasteiger partial charge in [0.15, 0.2) is 0 Å². The Bertz CT molecular complexity index is 1120. The van der Waals surface area contributed by atoms with E-state index in [1.54, 1.807) is 30.3 Å². The summed E-state index contributed by atoms with van der Waals surface area (Å²) in [5.41, 5.74) is 0.301. The molecule has 0 fully saturated rings. The first-order valence-electron chi connectivity index (χ1n) is 7.80. The average Bonchev–Trinajstić information content (AvgIpc) is 2.67. The molecule has 1 atom stereocenters. The van der Waals surface area contributed by atoms with Gasteiger partial charge in [-0.05, 0) is 29.7 Å². The van der Waals surface area contributed by atoms with E-state index in [-0.39, 0.29) is 5.92 Å². The van der Waals surface area contributed by atoms with Crippen LogP contribution in [-0.2, 0) is 6.42 Å². The molecule has 26 heavy (non-hydrogen) atoms. The second-order valence-corrected chi connectivity index (χ2v) is 5.59. The van der Waals surface area contributed by atoms with Crippen LogP contribution in [0, 0.1) is 22.7 Å². The molecular formula is C19H13N5O2. The maximum Gasteiger partial charge on any atom is 0.349 e. The van der Waals surface area contributed by atoms with E-state index in [0.29, 0.717) is 12.1 Å². The number of hydrogen-bond donors (Lipinski definition) is 1. The Labute approximate surface area is 148 Å². The fraction of sp³-hybridized carbons (Fsp3) is 0.105. The summed E-state index contributed by atoms with van der Waals surface area (Å²) in [5, 5.41) is 22.1. The second kappa shape index (κ2) is 7.29. The zero-order valence-electron chi connectivity index (χ0n) is 13.6. The van der Waals surface area contributed by atoms with E-state index in [4.69, 9.17) is 5.26 Å². The van der Waals surface area contributed by atoms with E-state index in [9.17, 15) is 14.9 Å². The smallest absolute Gasteiger partial charge is 0.270 e. The van der Waals surface area contributed by atoms with Crippen molar-refractivity contribution in [3.05, 3.63) is 92.3 Å². The summed E-state index contributed by atoms with van der Waals surface area (Å²) in [7, 11) is 0. The van der Waals surface area contributed by atoms with Crippen LogP contribution in [0.4, 0.5) is 0 Å². The fourth-order valence-corrected chi connectivity index (χ4v) is 2.58. The summed E-state index contributed by atoms with van der Waals surface area (Å²) in [6.07, 6.45) is 0.576. The van der Waals surface area contributed by atoms with Crippen LogP contribution >= 0.6 is 0 Å². The molecule has 0 aliphatic rings. The van der Waals surface area contributed by atoms with Crippen molar-refractivity contribution in [1.29, 1.82) is 10.5 Å². The van der Waals surface area contributed by atoms with Crippen LogP contribution in [0.25, 0.3) is 5.69 Å². The van der Waals surface area contributed by atoms with Crippen molar-refractivity contribution < 1.29 is 0 Å². The molecule has 7 nitrogen and oxygen atoms in total. The standard InChI is InChI=1S/C19H13N5O2/c20-11-15(10-13-4-2-1-3-5-13)14-6-8-16(9-7-14)24-19(26)22-18(25)17(12-21)23-24/h1-9,15H,10H2,(H,22,25,26). The molecular weight excluding hydrogens is 330 g/mol. The lowest BCUT2D eigenvalue weighted by Gasteiger charge is -2.11. The van der Waals surface area contributed by atoms with Gasteiger partial charge in [-0.1, -0.05) is 42.5 Å². The van der Waals surface area contributed by atoms with Gasteiger partial charge in [0.25, 0.3) is 5.56 Å². The first-order valence-corrected chi connectivity index (χ1v) is 7.80. The summed E-state index contributed by atoms with van der Waals surface area (Å²) in [4.78, 5) is 25.4. The van der Waals surface area contributed by atoms with Gasteiger partial charge in [-0.25, -0.2) is 4.79 Å². The molecule has 0 aliphatic carbocycles. The van der Waals surface area contributed by atoms with Crippen molar-refractivity contribution in [3.8, 4) is 17.8 Å². The maximum absolute atomic E-state index is 11.9. The third-order valence-corrected chi connectivity index (χ3v) is 3.91. The van der Waals surface area contributed by atoms with E-state index in [1.807, 2.05) is 30.3 Å². The molecule has 1 aromatic heterocycles. The number of nitrogens with zero attached hydrogens (tertiary/aromatic N) is 4. The molecule has 3 rings (SSSR count). The molecule has 0 saturated heterocycles.